The van der Waals surface area contributed by atoms with E-state index in [-0.39, 0.29) is 11.7 Å². The van der Waals surface area contributed by atoms with Crippen LogP contribution in [0.25, 0.3) is 10.8 Å². The van der Waals surface area contributed by atoms with Crippen molar-refractivity contribution in [1.29, 1.82) is 0 Å². The maximum absolute atomic E-state index is 14.8. The van der Waals surface area contributed by atoms with Gasteiger partial charge >= 0.3 is 0 Å². The molecule has 1 aliphatic rings. The molecule has 0 aliphatic carbocycles. The lowest BCUT2D eigenvalue weighted by Gasteiger charge is -2.27. The Kier molecular flexibility index (Phi) is 5.20. The lowest BCUT2D eigenvalue weighted by molar-refractivity contribution is -0.119. The molecule has 2 heterocycles. The Morgan fingerprint density at radius 1 is 0.966 bits per heavy atom. The molecule has 6 nitrogen and oxygen atoms in total. The van der Waals surface area contributed by atoms with E-state index in [0.29, 0.717) is 41.3 Å². The Morgan fingerprint density at radius 3 is 2.48 bits per heavy atom. The van der Waals surface area contributed by atoms with E-state index in [0.717, 1.165) is 18.2 Å². The van der Waals surface area contributed by atoms with Crippen LogP contribution < -0.4 is 19.1 Å². The summed E-state index contributed by atoms with van der Waals surface area (Å²) >= 11 is 0. The van der Waals surface area contributed by atoms with Crippen molar-refractivity contribution in [3.8, 4) is 23.0 Å². The lowest BCUT2D eigenvalue weighted by Crippen LogP contribution is -2.35. The van der Waals surface area contributed by atoms with E-state index >= 15 is 0 Å². The van der Waals surface area contributed by atoms with Crippen molar-refractivity contribution in [1.82, 2.24) is 4.98 Å². The van der Waals surface area contributed by atoms with Crippen molar-refractivity contribution in [2.75, 3.05) is 25.7 Å². The average Bonchev–Trinajstić information content (AvgIpc) is 2.74. The first-order valence-electron chi connectivity index (χ1n) is 9.38. The Labute approximate surface area is 167 Å². The van der Waals surface area contributed by atoms with Gasteiger partial charge in [0.05, 0.1) is 20.4 Å². The highest BCUT2D eigenvalue weighted by Gasteiger charge is 2.21. The molecule has 2 aromatic carbocycles. The fraction of sp³-hybridized carbons (Fsp3) is 0.273. The third-order valence-electron chi connectivity index (χ3n) is 5.00. The van der Waals surface area contributed by atoms with Gasteiger partial charge in [-0.05, 0) is 37.1 Å². The first kappa shape index (κ1) is 19.0. The van der Waals surface area contributed by atoms with Gasteiger partial charge in [0.15, 0.2) is 28.8 Å². The van der Waals surface area contributed by atoms with E-state index in [1.807, 2.05) is 0 Å². The quantitative estimate of drug-likeness (QED) is 0.626. The molecule has 0 atom stereocenters. The topological polar surface area (TPSA) is 60.9 Å². The number of methoxy groups -OCH3 is 2. The summed E-state index contributed by atoms with van der Waals surface area (Å²) in [7, 11) is 3.10. The highest BCUT2D eigenvalue weighted by atomic mass is 19.1. The minimum Gasteiger partial charge on any atom is -0.493 e. The molecule has 0 bridgehead atoms. The van der Waals surface area contributed by atoms with Crippen molar-refractivity contribution >= 4 is 22.4 Å². The maximum Gasteiger partial charge on any atom is 0.226 e. The van der Waals surface area contributed by atoms with Crippen molar-refractivity contribution in [2.24, 2.45) is 0 Å². The largest absolute Gasteiger partial charge is 0.493 e. The lowest BCUT2D eigenvalue weighted by atomic mass is 10.1. The van der Waals surface area contributed by atoms with Gasteiger partial charge in [-0.25, -0.2) is 4.39 Å². The molecule has 0 radical (unpaired) electrons. The number of aromatic nitrogens is 1. The fourth-order valence-electron chi connectivity index (χ4n) is 3.49. The zero-order chi connectivity index (χ0) is 20.4. The van der Waals surface area contributed by atoms with Crippen LogP contribution in [0.5, 0.6) is 23.0 Å². The predicted molar refractivity (Wildman–Crippen MR) is 108 cm³/mol. The van der Waals surface area contributed by atoms with E-state index < -0.39 is 5.82 Å². The maximum atomic E-state index is 14.8. The third kappa shape index (κ3) is 3.68. The Morgan fingerprint density at radius 2 is 1.76 bits per heavy atom. The molecule has 29 heavy (non-hydrogen) atoms. The van der Waals surface area contributed by atoms with Gasteiger partial charge in [-0.3, -0.25) is 9.78 Å². The van der Waals surface area contributed by atoms with Crippen LogP contribution in [-0.4, -0.2) is 31.7 Å². The van der Waals surface area contributed by atoms with E-state index in [9.17, 15) is 9.18 Å². The van der Waals surface area contributed by atoms with E-state index in [4.69, 9.17) is 14.2 Å². The van der Waals surface area contributed by atoms with Crippen LogP contribution in [0.2, 0.25) is 0 Å². The first-order chi connectivity index (χ1) is 14.1. The van der Waals surface area contributed by atoms with Crippen LogP contribution in [0, 0.1) is 5.82 Å². The van der Waals surface area contributed by atoms with Crippen LogP contribution in [0.15, 0.2) is 42.7 Å². The number of carbonyl (C=O) groups excluding carboxylic acids is 1. The monoisotopic (exact) mass is 396 g/mol. The van der Waals surface area contributed by atoms with E-state index in [2.05, 4.69) is 4.98 Å². The molecular weight excluding hydrogens is 375 g/mol. The Hall–Kier alpha value is -3.35. The van der Waals surface area contributed by atoms with Gasteiger partial charge in [-0.2, -0.15) is 0 Å². The smallest absolute Gasteiger partial charge is 0.226 e. The summed E-state index contributed by atoms with van der Waals surface area (Å²) < 4.78 is 31.3. The molecule has 0 N–H and O–H groups in total. The van der Waals surface area contributed by atoms with Crippen LogP contribution in [0.4, 0.5) is 10.1 Å². The Balaban J connectivity index is 1.67. The minimum atomic E-state index is -0.543. The second kappa shape index (κ2) is 7.95. The standard InChI is InChI=1S/C22H21FN2O4/c1-27-19-9-14-12-24-13-21(16(14)11-20(19)28-2)29-18-7-6-15(10-17(18)23)25-8-4-3-5-22(25)26/h6-7,9-13H,3-5,8H2,1-2H3. The van der Waals surface area contributed by atoms with Crippen molar-refractivity contribution in [3.63, 3.8) is 0 Å². The SMILES string of the molecule is COc1cc2cncc(Oc3ccc(N4CCCCC4=O)cc3F)c2cc1OC. The summed E-state index contributed by atoms with van der Waals surface area (Å²) in [6.45, 7) is 0.605. The summed E-state index contributed by atoms with van der Waals surface area (Å²) in [5.41, 5.74) is 0.544. The molecule has 3 aromatic rings. The molecule has 1 saturated heterocycles. The summed E-state index contributed by atoms with van der Waals surface area (Å²) in [6.07, 6.45) is 5.48. The number of rotatable bonds is 5. The zero-order valence-corrected chi connectivity index (χ0v) is 16.3. The van der Waals surface area contributed by atoms with Gasteiger partial charge in [-0.15, -0.1) is 0 Å². The molecule has 1 aromatic heterocycles. The van der Waals surface area contributed by atoms with Gasteiger partial charge in [0.25, 0.3) is 0 Å². The van der Waals surface area contributed by atoms with Gasteiger partial charge in [0.1, 0.15) is 0 Å². The highest BCUT2D eigenvalue weighted by Crippen LogP contribution is 2.38. The number of piperidine rings is 1. The van der Waals surface area contributed by atoms with Crippen molar-refractivity contribution < 1.29 is 23.4 Å². The number of amides is 1. The molecule has 1 amide bonds. The number of benzene rings is 2. The van der Waals surface area contributed by atoms with Gasteiger partial charge < -0.3 is 19.1 Å². The molecule has 7 heteroatoms. The normalized spacial score (nSPS) is 14.2. The van der Waals surface area contributed by atoms with Crippen LogP contribution in [0.1, 0.15) is 19.3 Å². The third-order valence-corrected chi connectivity index (χ3v) is 5.00. The summed E-state index contributed by atoms with van der Waals surface area (Å²) in [5.74, 6) is 1.03. The van der Waals surface area contributed by atoms with Crippen LogP contribution >= 0.6 is 0 Å². The van der Waals surface area contributed by atoms with Gasteiger partial charge in [0, 0.05) is 41.7 Å². The molecule has 0 unspecified atom stereocenters. The number of carbonyl (C=O) groups is 1. The fourth-order valence-corrected chi connectivity index (χ4v) is 3.49. The number of pyridine rings is 1. The van der Waals surface area contributed by atoms with E-state index in [1.54, 1.807) is 43.5 Å². The highest BCUT2D eigenvalue weighted by molar-refractivity contribution is 5.94. The van der Waals surface area contributed by atoms with E-state index in [1.165, 1.54) is 18.3 Å². The molecule has 150 valence electrons. The molecule has 1 aliphatic heterocycles. The minimum absolute atomic E-state index is 0.0172. The van der Waals surface area contributed by atoms with Crippen LogP contribution in [0.3, 0.4) is 0 Å². The summed E-state index contributed by atoms with van der Waals surface area (Å²) in [4.78, 5) is 17.9. The molecule has 0 saturated carbocycles. The number of nitrogens with zero attached hydrogens (tertiary/aromatic N) is 2. The number of fused-ring (bicyclic) bond motifs is 1. The molecular formula is C22H21FN2O4. The second-order valence-electron chi connectivity index (χ2n) is 6.79. The number of hydrogen-bond acceptors (Lipinski definition) is 5. The number of halogens is 1. The second-order valence-corrected chi connectivity index (χ2v) is 6.79. The first-order valence-corrected chi connectivity index (χ1v) is 9.38. The van der Waals surface area contributed by atoms with Crippen LogP contribution in [-0.2, 0) is 4.79 Å². The van der Waals surface area contributed by atoms with Gasteiger partial charge in [0.2, 0.25) is 5.91 Å². The number of anilines is 1. The van der Waals surface area contributed by atoms with Crippen molar-refractivity contribution in [2.45, 2.75) is 19.3 Å². The number of hydrogen-bond donors (Lipinski definition) is 0. The molecule has 1 fully saturated rings. The predicted octanol–water partition coefficient (Wildman–Crippen LogP) is 4.70. The summed E-state index contributed by atoms with van der Waals surface area (Å²) in [6, 6.07) is 8.12. The summed E-state index contributed by atoms with van der Waals surface area (Å²) in [5, 5.41) is 1.49. The average molecular weight is 396 g/mol. The number of ether oxygens (including phenoxy) is 3. The zero-order valence-electron chi connectivity index (χ0n) is 16.3. The Bertz CT molecular complexity index is 1070. The van der Waals surface area contributed by atoms with Crippen molar-refractivity contribution in [3.05, 3.63) is 48.5 Å². The van der Waals surface area contributed by atoms with Gasteiger partial charge in [-0.1, -0.05) is 0 Å². The molecule has 4 rings (SSSR count). The molecule has 0 spiro atoms.